The minimum Gasteiger partial charge on any atom is -0.467 e. The zero-order chi connectivity index (χ0) is 15.3. The van der Waals surface area contributed by atoms with E-state index >= 15 is 0 Å². The van der Waals surface area contributed by atoms with E-state index in [2.05, 4.69) is 5.32 Å². The number of anilines is 1. The minimum absolute atomic E-state index is 0.0348. The molecule has 20 heavy (non-hydrogen) atoms. The molecule has 1 aromatic carbocycles. The lowest BCUT2D eigenvalue weighted by Crippen LogP contribution is -2.45. The summed E-state index contributed by atoms with van der Waals surface area (Å²) in [5, 5.41) is 2.71. The Kier molecular flexibility index (Phi) is 5.55. The molecule has 1 atom stereocenters. The van der Waals surface area contributed by atoms with E-state index in [0.29, 0.717) is 5.56 Å². The summed E-state index contributed by atoms with van der Waals surface area (Å²) in [4.78, 5) is 25.7. The van der Waals surface area contributed by atoms with Crippen molar-refractivity contribution in [2.75, 3.05) is 26.1 Å². The van der Waals surface area contributed by atoms with Crippen molar-refractivity contribution in [2.24, 2.45) is 5.92 Å². The molecule has 0 aromatic heterocycles. The summed E-state index contributed by atoms with van der Waals surface area (Å²) in [6.45, 7) is 3.72. The number of benzene rings is 1. The molecule has 0 saturated heterocycles. The van der Waals surface area contributed by atoms with Crippen molar-refractivity contribution < 1.29 is 14.3 Å². The average molecular weight is 278 g/mol. The van der Waals surface area contributed by atoms with E-state index in [0.717, 1.165) is 5.69 Å². The second kappa shape index (κ2) is 6.93. The zero-order valence-electron chi connectivity index (χ0n) is 12.6. The Hall–Kier alpha value is -2.04. The first kappa shape index (κ1) is 16.0. The molecular weight excluding hydrogens is 256 g/mol. The van der Waals surface area contributed by atoms with Crippen molar-refractivity contribution >= 4 is 17.6 Å². The van der Waals surface area contributed by atoms with E-state index in [1.807, 2.05) is 45.0 Å². The number of methoxy groups -OCH3 is 1. The van der Waals surface area contributed by atoms with Crippen molar-refractivity contribution in [3.63, 3.8) is 0 Å². The number of carbonyl (C=O) groups is 2. The van der Waals surface area contributed by atoms with E-state index in [-0.39, 0.29) is 11.8 Å². The highest BCUT2D eigenvalue weighted by Gasteiger charge is 2.25. The third-order valence-corrected chi connectivity index (χ3v) is 3.05. The van der Waals surface area contributed by atoms with Gasteiger partial charge in [0.2, 0.25) is 0 Å². The first-order chi connectivity index (χ1) is 9.36. The Labute approximate surface area is 119 Å². The van der Waals surface area contributed by atoms with Crippen LogP contribution in [0.5, 0.6) is 0 Å². The van der Waals surface area contributed by atoms with Gasteiger partial charge < -0.3 is 15.0 Å². The predicted octanol–water partition coefficient (Wildman–Crippen LogP) is 1.68. The van der Waals surface area contributed by atoms with Gasteiger partial charge in [-0.3, -0.25) is 4.79 Å². The Morgan fingerprint density at radius 3 is 2.10 bits per heavy atom. The molecule has 110 valence electrons. The van der Waals surface area contributed by atoms with E-state index in [1.165, 1.54) is 7.11 Å². The van der Waals surface area contributed by atoms with Crippen LogP contribution in [0.1, 0.15) is 24.2 Å². The number of esters is 1. The van der Waals surface area contributed by atoms with E-state index in [1.54, 1.807) is 12.1 Å². The highest BCUT2D eigenvalue weighted by Crippen LogP contribution is 2.13. The maximum atomic E-state index is 12.1. The van der Waals surface area contributed by atoms with Crippen LogP contribution in [0.15, 0.2) is 24.3 Å². The molecule has 0 aliphatic carbocycles. The summed E-state index contributed by atoms with van der Waals surface area (Å²) >= 11 is 0. The van der Waals surface area contributed by atoms with Crippen molar-refractivity contribution in [1.29, 1.82) is 0 Å². The molecule has 0 fully saturated rings. The molecule has 1 unspecified atom stereocenters. The van der Waals surface area contributed by atoms with Gasteiger partial charge in [-0.15, -0.1) is 0 Å². The molecule has 0 heterocycles. The van der Waals surface area contributed by atoms with Crippen LogP contribution in [0, 0.1) is 5.92 Å². The van der Waals surface area contributed by atoms with Gasteiger partial charge >= 0.3 is 5.97 Å². The van der Waals surface area contributed by atoms with Gasteiger partial charge in [0, 0.05) is 25.3 Å². The maximum Gasteiger partial charge on any atom is 0.328 e. The first-order valence-corrected chi connectivity index (χ1v) is 6.53. The molecule has 1 aromatic rings. The molecule has 0 aliphatic rings. The van der Waals surface area contributed by atoms with Crippen LogP contribution in [-0.2, 0) is 9.53 Å². The minimum atomic E-state index is -0.638. The zero-order valence-corrected chi connectivity index (χ0v) is 12.6. The molecular formula is C15H22N2O3. The molecule has 5 nitrogen and oxygen atoms in total. The van der Waals surface area contributed by atoms with Crippen molar-refractivity contribution in [1.82, 2.24) is 5.32 Å². The fourth-order valence-corrected chi connectivity index (χ4v) is 1.76. The third-order valence-electron chi connectivity index (χ3n) is 3.05. The fraction of sp³-hybridized carbons (Fsp3) is 0.467. The number of carbonyl (C=O) groups excluding carboxylic acids is 2. The Morgan fingerprint density at radius 2 is 1.70 bits per heavy atom. The van der Waals surface area contributed by atoms with Gasteiger partial charge in [0.1, 0.15) is 6.04 Å². The van der Waals surface area contributed by atoms with Crippen LogP contribution in [0.2, 0.25) is 0 Å². The number of hydrogen-bond acceptors (Lipinski definition) is 4. The van der Waals surface area contributed by atoms with Gasteiger partial charge in [-0.05, 0) is 30.2 Å². The molecule has 1 N–H and O–H groups in total. The van der Waals surface area contributed by atoms with Crippen LogP contribution in [0.3, 0.4) is 0 Å². The second-order valence-corrected chi connectivity index (χ2v) is 5.16. The molecule has 0 bridgehead atoms. The predicted molar refractivity (Wildman–Crippen MR) is 78.9 cm³/mol. The summed E-state index contributed by atoms with van der Waals surface area (Å²) in [7, 11) is 5.18. The van der Waals surface area contributed by atoms with Crippen molar-refractivity contribution in [2.45, 2.75) is 19.9 Å². The van der Waals surface area contributed by atoms with Gasteiger partial charge in [0.15, 0.2) is 0 Å². The second-order valence-electron chi connectivity index (χ2n) is 5.16. The molecule has 1 amide bonds. The normalized spacial score (nSPS) is 11.9. The number of hydrogen-bond donors (Lipinski definition) is 1. The first-order valence-electron chi connectivity index (χ1n) is 6.53. The topological polar surface area (TPSA) is 58.6 Å². The molecule has 0 aliphatic heterocycles. The Morgan fingerprint density at radius 1 is 1.15 bits per heavy atom. The molecule has 0 radical (unpaired) electrons. The SMILES string of the molecule is COC(=O)C(NC(=O)c1ccc(N(C)C)cc1)C(C)C. The maximum absolute atomic E-state index is 12.1. The lowest BCUT2D eigenvalue weighted by molar-refractivity contribution is -0.144. The van der Waals surface area contributed by atoms with Gasteiger partial charge in [-0.2, -0.15) is 0 Å². The summed E-state index contributed by atoms with van der Waals surface area (Å²) < 4.78 is 4.70. The van der Waals surface area contributed by atoms with Crippen molar-refractivity contribution in [3.8, 4) is 0 Å². The van der Waals surface area contributed by atoms with E-state index in [9.17, 15) is 9.59 Å². The van der Waals surface area contributed by atoms with Crippen LogP contribution >= 0.6 is 0 Å². The monoisotopic (exact) mass is 278 g/mol. The average Bonchev–Trinajstić information content (AvgIpc) is 2.43. The smallest absolute Gasteiger partial charge is 0.328 e. The standard InChI is InChI=1S/C15H22N2O3/c1-10(2)13(15(19)20-5)16-14(18)11-6-8-12(9-7-11)17(3)4/h6-10,13H,1-5H3,(H,16,18). The van der Waals surface area contributed by atoms with Gasteiger partial charge in [-0.1, -0.05) is 13.8 Å². The van der Waals surface area contributed by atoms with Gasteiger partial charge in [0.05, 0.1) is 7.11 Å². The number of amides is 1. The lowest BCUT2D eigenvalue weighted by Gasteiger charge is -2.20. The van der Waals surface area contributed by atoms with Gasteiger partial charge in [0.25, 0.3) is 5.91 Å². The number of rotatable bonds is 5. The van der Waals surface area contributed by atoms with Crippen molar-refractivity contribution in [3.05, 3.63) is 29.8 Å². The Bertz CT molecular complexity index is 467. The quantitative estimate of drug-likeness (QED) is 0.833. The Balaban J connectivity index is 2.81. The lowest BCUT2D eigenvalue weighted by atomic mass is 10.0. The van der Waals surface area contributed by atoms with Crippen LogP contribution in [0.25, 0.3) is 0 Å². The molecule has 1 rings (SSSR count). The highest BCUT2D eigenvalue weighted by molar-refractivity contribution is 5.97. The van der Waals surface area contributed by atoms with Crippen LogP contribution in [-0.4, -0.2) is 39.1 Å². The molecule has 0 saturated carbocycles. The number of nitrogens with zero attached hydrogens (tertiary/aromatic N) is 1. The number of ether oxygens (including phenoxy) is 1. The summed E-state index contributed by atoms with van der Waals surface area (Å²) in [5.41, 5.74) is 1.53. The molecule has 0 spiro atoms. The summed E-state index contributed by atoms with van der Waals surface area (Å²) in [5.74, 6) is -0.745. The fourth-order valence-electron chi connectivity index (χ4n) is 1.76. The van der Waals surface area contributed by atoms with Crippen LogP contribution < -0.4 is 10.2 Å². The number of nitrogens with one attached hydrogen (secondary N) is 1. The van der Waals surface area contributed by atoms with Crippen LogP contribution in [0.4, 0.5) is 5.69 Å². The van der Waals surface area contributed by atoms with E-state index < -0.39 is 12.0 Å². The largest absolute Gasteiger partial charge is 0.467 e. The van der Waals surface area contributed by atoms with Gasteiger partial charge in [-0.25, -0.2) is 4.79 Å². The summed E-state index contributed by atoms with van der Waals surface area (Å²) in [6, 6.07) is 6.55. The highest BCUT2D eigenvalue weighted by atomic mass is 16.5. The summed E-state index contributed by atoms with van der Waals surface area (Å²) in [6.07, 6.45) is 0. The van der Waals surface area contributed by atoms with E-state index in [4.69, 9.17) is 4.74 Å². The third kappa shape index (κ3) is 3.98. The molecule has 5 heteroatoms.